The van der Waals surface area contributed by atoms with E-state index in [0.717, 1.165) is 0 Å². The Morgan fingerprint density at radius 3 is 2.10 bits per heavy atom. The topological polar surface area (TPSA) is 59.0 Å². The molecule has 1 saturated heterocycles. The number of phenols is 1. The predicted molar refractivity (Wildman–Crippen MR) is 102 cm³/mol. The molecule has 0 saturated carbocycles. The van der Waals surface area contributed by atoms with Gasteiger partial charge in [0.15, 0.2) is 6.10 Å². The SMILES string of the molecule is O=C1O[C@H](COc2ccc(F)cc2)C(c2ccc(O)cc2)N1c1ccc(F)cc1. The molecule has 148 valence electrons. The van der Waals surface area contributed by atoms with E-state index in [2.05, 4.69) is 0 Å². The number of nitrogens with zero attached hydrogens (tertiary/aromatic N) is 1. The second-order valence-electron chi connectivity index (χ2n) is 6.57. The summed E-state index contributed by atoms with van der Waals surface area (Å²) in [5.41, 5.74) is 1.18. The van der Waals surface area contributed by atoms with Crippen LogP contribution in [-0.2, 0) is 4.74 Å². The second kappa shape index (κ2) is 7.79. The number of anilines is 1. The van der Waals surface area contributed by atoms with E-state index in [1.165, 1.54) is 65.6 Å². The number of hydrogen-bond acceptors (Lipinski definition) is 4. The first-order valence-electron chi connectivity index (χ1n) is 8.94. The minimum atomic E-state index is -0.679. The Bertz CT molecular complexity index is 991. The largest absolute Gasteiger partial charge is 0.508 e. The van der Waals surface area contributed by atoms with Gasteiger partial charge in [-0.25, -0.2) is 13.6 Å². The highest BCUT2D eigenvalue weighted by Crippen LogP contribution is 2.38. The molecule has 4 rings (SSSR count). The molecule has 29 heavy (non-hydrogen) atoms. The molecule has 7 heteroatoms. The van der Waals surface area contributed by atoms with Crippen LogP contribution in [0, 0.1) is 11.6 Å². The number of hydrogen-bond donors (Lipinski definition) is 1. The third-order valence-electron chi connectivity index (χ3n) is 4.65. The van der Waals surface area contributed by atoms with Gasteiger partial charge in [-0.1, -0.05) is 12.1 Å². The summed E-state index contributed by atoms with van der Waals surface area (Å²) in [5.74, 6) is -0.272. The summed E-state index contributed by atoms with van der Waals surface area (Å²) in [6, 6.07) is 16.9. The lowest BCUT2D eigenvalue weighted by Gasteiger charge is -2.25. The van der Waals surface area contributed by atoms with Gasteiger partial charge in [0.2, 0.25) is 0 Å². The standard InChI is InChI=1S/C22H17F2NO4/c23-15-3-7-17(8-4-15)25-21(14-1-9-18(26)10-2-14)20(29-22(25)27)13-28-19-11-5-16(24)6-12-19/h1-12,20-21,26H,13H2/t20-,21?/m1/s1. The summed E-state index contributed by atoms with van der Waals surface area (Å²) in [4.78, 5) is 14.1. The molecule has 0 aliphatic carbocycles. The number of halogens is 2. The van der Waals surface area contributed by atoms with Crippen molar-refractivity contribution in [2.45, 2.75) is 12.1 Å². The summed E-state index contributed by atoms with van der Waals surface area (Å²) in [7, 11) is 0. The number of cyclic esters (lactones) is 1. The van der Waals surface area contributed by atoms with Crippen LogP contribution >= 0.6 is 0 Å². The summed E-state index contributed by atoms with van der Waals surface area (Å²) in [6.45, 7) is 0.0284. The van der Waals surface area contributed by atoms with E-state index in [0.29, 0.717) is 17.0 Å². The quantitative estimate of drug-likeness (QED) is 0.671. The van der Waals surface area contributed by atoms with Crippen LogP contribution in [0.15, 0.2) is 72.8 Å². The van der Waals surface area contributed by atoms with Crippen molar-refractivity contribution < 1.29 is 28.2 Å². The summed E-state index contributed by atoms with van der Waals surface area (Å²) in [6.07, 6.45) is -1.27. The molecule has 1 unspecified atom stereocenters. The molecule has 1 fully saturated rings. The van der Waals surface area contributed by atoms with Crippen LogP contribution in [0.5, 0.6) is 11.5 Å². The molecule has 0 radical (unpaired) electrons. The first-order valence-corrected chi connectivity index (χ1v) is 8.94. The zero-order valence-electron chi connectivity index (χ0n) is 15.2. The molecule has 1 heterocycles. The molecule has 0 spiro atoms. The minimum absolute atomic E-state index is 0.0284. The molecular formula is C22H17F2NO4. The zero-order chi connectivity index (χ0) is 20.4. The molecule has 5 nitrogen and oxygen atoms in total. The normalized spacial score (nSPS) is 18.6. The van der Waals surface area contributed by atoms with Gasteiger partial charge in [0.05, 0.1) is 0 Å². The van der Waals surface area contributed by atoms with E-state index in [1.807, 2.05) is 0 Å². The smallest absolute Gasteiger partial charge is 0.415 e. The van der Waals surface area contributed by atoms with Crippen LogP contribution < -0.4 is 9.64 Å². The minimum Gasteiger partial charge on any atom is -0.508 e. The number of rotatable bonds is 5. The maximum Gasteiger partial charge on any atom is 0.415 e. The Morgan fingerprint density at radius 2 is 1.48 bits per heavy atom. The Morgan fingerprint density at radius 1 is 0.897 bits per heavy atom. The van der Waals surface area contributed by atoms with Gasteiger partial charge in [0.25, 0.3) is 0 Å². The summed E-state index contributed by atoms with van der Waals surface area (Å²) in [5, 5.41) is 9.60. The highest BCUT2D eigenvalue weighted by atomic mass is 19.1. The Labute approximate surface area is 165 Å². The van der Waals surface area contributed by atoms with Gasteiger partial charge in [0, 0.05) is 5.69 Å². The average molecular weight is 397 g/mol. The van der Waals surface area contributed by atoms with E-state index in [9.17, 15) is 18.7 Å². The fourth-order valence-electron chi connectivity index (χ4n) is 3.27. The van der Waals surface area contributed by atoms with Crippen molar-refractivity contribution >= 4 is 11.8 Å². The van der Waals surface area contributed by atoms with Crippen molar-refractivity contribution in [2.24, 2.45) is 0 Å². The van der Waals surface area contributed by atoms with Gasteiger partial charge in [0.1, 0.15) is 35.8 Å². The van der Waals surface area contributed by atoms with Crippen molar-refractivity contribution in [1.82, 2.24) is 0 Å². The van der Waals surface area contributed by atoms with Crippen LogP contribution in [-0.4, -0.2) is 23.9 Å². The second-order valence-corrected chi connectivity index (χ2v) is 6.57. The highest BCUT2D eigenvalue weighted by molar-refractivity contribution is 5.91. The number of carbonyl (C=O) groups is 1. The number of benzene rings is 3. The molecule has 1 amide bonds. The van der Waals surface area contributed by atoms with Crippen LogP contribution in [0.25, 0.3) is 0 Å². The third kappa shape index (κ3) is 3.99. The van der Waals surface area contributed by atoms with Crippen LogP contribution in [0.1, 0.15) is 11.6 Å². The molecule has 2 atom stereocenters. The van der Waals surface area contributed by atoms with E-state index in [1.54, 1.807) is 12.1 Å². The summed E-state index contributed by atoms with van der Waals surface area (Å²) < 4.78 is 37.6. The van der Waals surface area contributed by atoms with Crippen LogP contribution in [0.3, 0.4) is 0 Å². The number of carbonyl (C=O) groups excluding carboxylic acids is 1. The van der Waals surface area contributed by atoms with Gasteiger partial charge in [-0.3, -0.25) is 4.90 Å². The molecule has 0 bridgehead atoms. The fraction of sp³-hybridized carbons (Fsp3) is 0.136. The number of amides is 1. The van der Waals surface area contributed by atoms with Crippen molar-refractivity contribution in [3.63, 3.8) is 0 Å². The van der Waals surface area contributed by atoms with Gasteiger partial charge in [-0.2, -0.15) is 0 Å². The Kier molecular flexibility index (Phi) is 5.03. The molecule has 0 aromatic heterocycles. The van der Waals surface area contributed by atoms with Gasteiger partial charge >= 0.3 is 6.09 Å². The lowest BCUT2D eigenvalue weighted by Crippen LogP contribution is -2.31. The number of ether oxygens (including phenoxy) is 2. The first-order chi connectivity index (χ1) is 14.0. The van der Waals surface area contributed by atoms with Crippen LogP contribution in [0.4, 0.5) is 19.3 Å². The van der Waals surface area contributed by atoms with E-state index in [4.69, 9.17) is 9.47 Å². The molecule has 3 aromatic rings. The fourth-order valence-corrected chi connectivity index (χ4v) is 3.27. The summed E-state index contributed by atoms with van der Waals surface area (Å²) >= 11 is 0. The lowest BCUT2D eigenvalue weighted by atomic mass is 10.0. The molecule has 1 aliphatic rings. The van der Waals surface area contributed by atoms with Gasteiger partial charge in [-0.15, -0.1) is 0 Å². The number of phenolic OH excluding ortho intramolecular Hbond substituents is 1. The van der Waals surface area contributed by atoms with E-state index >= 15 is 0 Å². The monoisotopic (exact) mass is 397 g/mol. The van der Waals surface area contributed by atoms with Crippen molar-refractivity contribution in [2.75, 3.05) is 11.5 Å². The number of aromatic hydroxyl groups is 1. The molecule has 1 N–H and O–H groups in total. The molecule has 1 aliphatic heterocycles. The van der Waals surface area contributed by atoms with Crippen molar-refractivity contribution in [3.8, 4) is 11.5 Å². The molecule has 3 aromatic carbocycles. The van der Waals surface area contributed by atoms with Crippen molar-refractivity contribution in [3.05, 3.63) is 90.0 Å². The van der Waals surface area contributed by atoms with E-state index in [-0.39, 0.29) is 18.2 Å². The maximum atomic E-state index is 13.3. The van der Waals surface area contributed by atoms with Crippen molar-refractivity contribution in [1.29, 1.82) is 0 Å². The highest BCUT2D eigenvalue weighted by Gasteiger charge is 2.44. The first kappa shape index (κ1) is 18.7. The average Bonchev–Trinajstić information content (AvgIpc) is 3.05. The Balaban J connectivity index is 1.64. The van der Waals surface area contributed by atoms with Gasteiger partial charge in [-0.05, 0) is 66.2 Å². The van der Waals surface area contributed by atoms with Gasteiger partial charge < -0.3 is 14.6 Å². The zero-order valence-corrected chi connectivity index (χ0v) is 15.2. The van der Waals surface area contributed by atoms with E-state index < -0.39 is 24.1 Å². The van der Waals surface area contributed by atoms with Crippen LogP contribution in [0.2, 0.25) is 0 Å². The maximum absolute atomic E-state index is 13.3. The molecular weight excluding hydrogens is 380 g/mol. The lowest BCUT2D eigenvalue weighted by molar-refractivity contribution is 0.0919. The Hall–Kier alpha value is -3.61. The third-order valence-corrected chi connectivity index (χ3v) is 4.65. The predicted octanol–water partition coefficient (Wildman–Crippen LogP) is 4.82.